The average molecular weight is 294 g/mol. The summed E-state index contributed by atoms with van der Waals surface area (Å²) in [7, 11) is 0. The van der Waals surface area contributed by atoms with Gasteiger partial charge in [0.2, 0.25) is 0 Å². The van der Waals surface area contributed by atoms with Gasteiger partial charge >= 0.3 is 0 Å². The Morgan fingerprint density at radius 3 is 2.39 bits per heavy atom. The van der Waals surface area contributed by atoms with Crippen molar-refractivity contribution in [3.8, 4) is 5.69 Å². The number of benzene rings is 3. The fourth-order valence-electron chi connectivity index (χ4n) is 3.47. The lowest BCUT2D eigenvalue weighted by Crippen LogP contribution is -1.93. The summed E-state index contributed by atoms with van der Waals surface area (Å²) in [6, 6.07) is 25.6. The van der Waals surface area contributed by atoms with E-state index in [9.17, 15) is 0 Å². The third kappa shape index (κ3) is 1.72. The monoisotopic (exact) mass is 294 g/mol. The van der Waals surface area contributed by atoms with Crippen molar-refractivity contribution in [1.82, 2.24) is 9.55 Å². The van der Waals surface area contributed by atoms with Gasteiger partial charge in [-0.2, -0.15) is 0 Å². The number of para-hydroxylation sites is 2. The predicted molar refractivity (Wildman–Crippen MR) is 96.1 cm³/mol. The van der Waals surface area contributed by atoms with Gasteiger partial charge in [0.25, 0.3) is 0 Å². The predicted octanol–water partition coefficient (Wildman–Crippen LogP) is 5.33. The summed E-state index contributed by atoms with van der Waals surface area (Å²) in [6.07, 6.45) is 3.80. The van der Waals surface area contributed by atoms with Crippen LogP contribution in [0, 0.1) is 0 Å². The van der Waals surface area contributed by atoms with E-state index in [2.05, 4.69) is 82.3 Å². The highest BCUT2D eigenvalue weighted by Gasteiger charge is 2.14. The molecule has 0 N–H and O–H groups in total. The Bertz CT molecular complexity index is 1150. The normalized spacial score (nSPS) is 11.5. The third-order valence-corrected chi connectivity index (χ3v) is 4.46. The molecule has 0 fully saturated rings. The van der Waals surface area contributed by atoms with Crippen molar-refractivity contribution >= 4 is 32.6 Å². The highest BCUT2D eigenvalue weighted by Crippen LogP contribution is 2.35. The molecule has 0 spiro atoms. The van der Waals surface area contributed by atoms with Crippen LogP contribution >= 0.6 is 0 Å². The zero-order chi connectivity index (χ0) is 15.2. The van der Waals surface area contributed by atoms with Crippen molar-refractivity contribution in [3.05, 3.63) is 85.2 Å². The first-order valence-electron chi connectivity index (χ1n) is 7.75. The molecule has 0 aliphatic heterocycles. The minimum Gasteiger partial charge on any atom is -0.309 e. The molecule has 0 atom stereocenters. The number of aromatic nitrogens is 2. The van der Waals surface area contributed by atoms with Gasteiger partial charge < -0.3 is 4.57 Å². The van der Waals surface area contributed by atoms with Crippen LogP contribution in [0.3, 0.4) is 0 Å². The van der Waals surface area contributed by atoms with E-state index in [0.29, 0.717) is 0 Å². The molecule has 0 aliphatic rings. The van der Waals surface area contributed by atoms with Crippen molar-refractivity contribution in [2.45, 2.75) is 0 Å². The van der Waals surface area contributed by atoms with Gasteiger partial charge in [0.05, 0.1) is 11.0 Å². The maximum atomic E-state index is 4.27. The summed E-state index contributed by atoms with van der Waals surface area (Å²) in [5, 5.41) is 4.96. The van der Waals surface area contributed by atoms with E-state index in [0.717, 1.165) is 0 Å². The van der Waals surface area contributed by atoms with Crippen LogP contribution in [0.25, 0.3) is 38.3 Å². The Balaban J connectivity index is 2.10. The molecule has 2 nitrogen and oxygen atoms in total. The van der Waals surface area contributed by atoms with Crippen LogP contribution in [0.4, 0.5) is 0 Å². The van der Waals surface area contributed by atoms with Gasteiger partial charge in [0, 0.05) is 39.6 Å². The third-order valence-electron chi connectivity index (χ3n) is 4.46. The second kappa shape index (κ2) is 4.68. The average Bonchev–Trinajstić information content (AvgIpc) is 2.97. The first-order chi connectivity index (χ1) is 11.4. The maximum absolute atomic E-state index is 4.27. The quantitative estimate of drug-likeness (QED) is 0.408. The fourth-order valence-corrected chi connectivity index (χ4v) is 3.47. The lowest BCUT2D eigenvalue weighted by Gasteiger charge is -2.09. The van der Waals surface area contributed by atoms with Gasteiger partial charge in [0.15, 0.2) is 0 Å². The minimum atomic E-state index is 1.17. The number of pyridine rings is 1. The molecule has 0 bridgehead atoms. The molecule has 2 heteroatoms. The SMILES string of the molecule is c1ccc(-n2c3ccccc3c3ccc4cnccc4c32)cc1. The Hall–Kier alpha value is -3.13. The van der Waals surface area contributed by atoms with Crippen LogP contribution in [-0.4, -0.2) is 9.55 Å². The summed E-state index contributed by atoms with van der Waals surface area (Å²) in [5.74, 6) is 0. The standard InChI is InChI=1S/C21H14N2/c1-2-6-16(7-3-1)23-20-9-5-4-8-18(20)19-11-10-15-14-22-13-12-17(15)21(19)23/h1-14H. The van der Waals surface area contributed by atoms with Gasteiger partial charge in [-0.15, -0.1) is 0 Å². The van der Waals surface area contributed by atoms with E-state index >= 15 is 0 Å². The van der Waals surface area contributed by atoms with Gasteiger partial charge in [0.1, 0.15) is 0 Å². The van der Waals surface area contributed by atoms with Crippen LogP contribution in [0.15, 0.2) is 85.2 Å². The van der Waals surface area contributed by atoms with Crippen molar-refractivity contribution in [3.63, 3.8) is 0 Å². The topological polar surface area (TPSA) is 17.8 Å². The summed E-state index contributed by atoms with van der Waals surface area (Å²) in [6.45, 7) is 0. The summed E-state index contributed by atoms with van der Waals surface area (Å²) < 4.78 is 2.35. The molecule has 5 aromatic rings. The van der Waals surface area contributed by atoms with Crippen LogP contribution in [0.2, 0.25) is 0 Å². The number of rotatable bonds is 1. The Kier molecular flexibility index (Phi) is 2.53. The Labute approximate surface area is 133 Å². The van der Waals surface area contributed by atoms with E-state index in [1.165, 1.54) is 38.3 Å². The molecule has 0 saturated heterocycles. The van der Waals surface area contributed by atoms with Crippen molar-refractivity contribution in [2.24, 2.45) is 0 Å². The van der Waals surface area contributed by atoms with Crippen LogP contribution in [-0.2, 0) is 0 Å². The molecule has 0 unspecified atom stereocenters. The molecular weight excluding hydrogens is 280 g/mol. The number of hydrogen-bond acceptors (Lipinski definition) is 1. The molecule has 3 aromatic carbocycles. The van der Waals surface area contributed by atoms with Crippen LogP contribution in [0.1, 0.15) is 0 Å². The summed E-state index contributed by atoms with van der Waals surface area (Å²) in [5.41, 5.74) is 3.67. The fraction of sp³-hybridized carbons (Fsp3) is 0. The molecule has 2 aromatic heterocycles. The molecule has 2 heterocycles. The molecule has 0 aliphatic carbocycles. The smallest absolute Gasteiger partial charge is 0.0620 e. The first kappa shape index (κ1) is 12.4. The second-order valence-corrected chi connectivity index (χ2v) is 5.75. The lowest BCUT2D eigenvalue weighted by atomic mass is 10.1. The van der Waals surface area contributed by atoms with Crippen LogP contribution < -0.4 is 0 Å². The van der Waals surface area contributed by atoms with Gasteiger partial charge in [-0.1, -0.05) is 48.5 Å². The number of fused-ring (bicyclic) bond motifs is 5. The molecule has 108 valence electrons. The zero-order valence-electron chi connectivity index (χ0n) is 12.5. The summed E-state index contributed by atoms with van der Waals surface area (Å²) >= 11 is 0. The van der Waals surface area contributed by atoms with Gasteiger partial charge in [-0.3, -0.25) is 4.98 Å². The van der Waals surface area contributed by atoms with Crippen LogP contribution in [0.5, 0.6) is 0 Å². The van der Waals surface area contributed by atoms with E-state index in [4.69, 9.17) is 0 Å². The molecule has 0 amide bonds. The van der Waals surface area contributed by atoms with E-state index < -0.39 is 0 Å². The molecule has 0 saturated carbocycles. The van der Waals surface area contributed by atoms with Crippen molar-refractivity contribution < 1.29 is 0 Å². The molecular formula is C21H14N2. The minimum absolute atomic E-state index is 1.17. The zero-order valence-corrected chi connectivity index (χ0v) is 12.5. The van der Waals surface area contributed by atoms with E-state index in [-0.39, 0.29) is 0 Å². The maximum Gasteiger partial charge on any atom is 0.0620 e. The van der Waals surface area contributed by atoms with Gasteiger partial charge in [-0.25, -0.2) is 0 Å². The van der Waals surface area contributed by atoms with Crippen molar-refractivity contribution in [1.29, 1.82) is 0 Å². The molecule has 23 heavy (non-hydrogen) atoms. The second-order valence-electron chi connectivity index (χ2n) is 5.75. The van der Waals surface area contributed by atoms with Gasteiger partial charge in [-0.05, 0) is 24.3 Å². The largest absolute Gasteiger partial charge is 0.309 e. The first-order valence-corrected chi connectivity index (χ1v) is 7.75. The lowest BCUT2D eigenvalue weighted by molar-refractivity contribution is 1.19. The Morgan fingerprint density at radius 2 is 1.48 bits per heavy atom. The number of nitrogens with zero attached hydrogens (tertiary/aromatic N) is 2. The van der Waals surface area contributed by atoms with E-state index in [1.54, 1.807) is 0 Å². The molecule has 5 rings (SSSR count). The molecule has 0 radical (unpaired) electrons. The highest BCUT2D eigenvalue weighted by molar-refractivity contribution is 6.18. The highest BCUT2D eigenvalue weighted by atomic mass is 15.0. The Morgan fingerprint density at radius 1 is 0.652 bits per heavy atom. The number of hydrogen-bond donors (Lipinski definition) is 0. The van der Waals surface area contributed by atoms with Crippen molar-refractivity contribution in [2.75, 3.05) is 0 Å². The van der Waals surface area contributed by atoms with E-state index in [1.807, 2.05) is 12.4 Å². The summed E-state index contributed by atoms with van der Waals surface area (Å²) in [4.78, 5) is 4.27.